The number of amides is 2. The van der Waals surface area contributed by atoms with Crippen LogP contribution in [0, 0.1) is 12.8 Å². The van der Waals surface area contributed by atoms with Gasteiger partial charge >= 0.3 is 0 Å². The van der Waals surface area contributed by atoms with Gasteiger partial charge < -0.3 is 10.6 Å². The lowest BCUT2D eigenvalue weighted by Crippen LogP contribution is -2.47. The molecule has 0 aliphatic heterocycles. The predicted octanol–water partition coefficient (Wildman–Crippen LogP) is 1.37. The molecular weight excluding hydrogens is 262 g/mol. The van der Waals surface area contributed by atoms with Gasteiger partial charge in [-0.25, -0.2) is 4.98 Å². The molecule has 1 saturated carbocycles. The molecule has 0 radical (unpaired) electrons. The molecule has 0 aromatic carbocycles. The van der Waals surface area contributed by atoms with E-state index in [0.29, 0.717) is 6.54 Å². The Morgan fingerprint density at radius 1 is 1.53 bits per heavy atom. The van der Waals surface area contributed by atoms with Gasteiger partial charge in [-0.1, -0.05) is 6.42 Å². The number of nitrogens with zero attached hydrogens (tertiary/aromatic N) is 1. The molecule has 5 nitrogen and oxygen atoms in total. The van der Waals surface area contributed by atoms with Gasteiger partial charge in [0.15, 0.2) is 0 Å². The number of nitrogens with one attached hydrogen (secondary N) is 2. The summed E-state index contributed by atoms with van der Waals surface area (Å²) in [5.41, 5.74) is 0.855. The Hall–Kier alpha value is -1.43. The molecule has 1 aromatic rings. The van der Waals surface area contributed by atoms with E-state index in [1.165, 1.54) is 0 Å². The first kappa shape index (κ1) is 14.0. The van der Waals surface area contributed by atoms with Crippen LogP contribution in [0.2, 0.25) is 0 Å². The Balaban J connectivity index is 1.74. The van der Waals surface area contributed by atoms with Gasteiger partial charge in [0.05, 0.1) is 17.2 Å². The Morgan fingerprint density at radius 3 is 2.79 bits per heavy atom. The zero-order valence-electron chi connectivity index (χ0n) is 11.2. The average Bonchev–Trinajstić information content (AvgIpc) is 2.69. The van der Waals surface area contributed by atoms with Crippen molar-refractivity contribution in [3.63, 3.8) is 0 Å². The molecule has 2 amide bonds. The molecule has 0 spiro atoms. The second-order valence-corrected chi connectivity index (χ2v) is 6.00. The summed E-state index contributed by atoms with van der Waals surface area (Å²) in [6.45, 7) is 4.04. The maximum atomic E-state index is 11.8. The summed E-state index contributed by atoms with van der Waals surface area (Å²) < 4.78 is 0. The maximum absolute atomic E-state index is 11.8. The van der Waals surface area contributed by atoms with Crippen molar-refractivity contribution in [2.45, 2.75) is 45.7 Å². The minimum Gasteiger partial charge on any atom is -0.349 e. The fourth-order valence-corrected chi connectivity index (χ4v) is 2.50. The maximum Gasteiger partial charge on any atom is 0.242 e. The summed E-state index contributed by atoms with van der Waals surface area (Å²) in [5, 5.41) is 8.44. The van der Waals surface area contributed by atoms with Crippen molar-refractivity contribution in [2.24, 2.45) is 5.92 Å². The summed E-state index contributed by atoms with van der Waals surface area (Å²) in [4.78, 5) is 27.8. The summed E-state index contributed by atoms with van der Waals surface area (Å²) >= 11 is 1.56. The van der Waals surface area contributed by atoms with Crippen LogP contribution in [-0.4, -0.2) is 22.8 Å². The molecule has 1 heterocycles. The van der Waals surface area contributed by atoms with Gasteiger partial charge in [-0.05, 0) is 26.7 Å². The van der Waals surface area contributed by atoms with Gasteiger partial charge in [-0.3, -0.25) is 9.59 Å². The topological polar surface area (TPSA) is 71.1 Å². The van der Waals surface area contributed by atoms with Crippen LogP contribution < -0.4 is 10.6 Å². The highest BCUT2D eigenvalue weighted by molar-refractivity contribution is 7.09. The summed E-state index contributed by atoms with van der Waals surface area (Å²) in [5.74, 6) is -0.0619. The molecule has 1 fully saturated rings. The number of carbonyl (C=O) groups excluding carboxylic acids is 2. The van der Waals surface area contributed by atoms with Crippen molar-refractivity contribution in [2.75, 3.05) is 0 Å². The summed E-state index contributed by atoms with van der Waals surface area (Å²) in [7, 11) is 0. The molecule has 1 aromatic heterocycles. The number of hydrogen-bond acceptors (Lipinski definition) is 4. The molecule has 2 N–H and O–H groups in total. The molecule has 1 aliphatic rings. The monoisotopic (exact) mass is 281 g/mol. The highest BCUT2D eigenvalue weighted by atomic mass is 32.1. The van der Waals surface area contributed by atoms with E-state index in [2.05, 4.69) is 15.6 Å². The Bertz CT molecular complexity index is 468. The fraction of sp³-hybridized carbons (Fsp3) is 0.615. The van der Waals surface area contributed by atoms with E-state index in [9.17, 15) is 9.59 Å². The Morgan fingerprint density at radius 2 is 2.26 bits per heavy atom. The first-order chi connectivity index (χ1) is 9.06. The predicted molar refractivity (Wildman–Crippen MR) is 73.6 cm³/mol. The highest BCUT2D eigenvalue weighted by Gasteiger charge is 2.27. The van der Waals surface area contributed by atoms with Crippen molar-refractivity contribution >= 4 is 23.2 Å². The number of aryl methyl sites for hydroxylation is 1. The van der Waals surface area contributed by atoms with Crippen molar-refractivity contribution in [3.8, 4) is 0 Å². The van der Waals surface area contributed by atoms with Crippen LogP contribution in [0.25, 0.3) is 0 Å². The number of rotatable bonds is 5. The quantitative estimate of drug-likeness (QED) is 0.856. The van der Waals surface area contributed by atoms with Crippen LogP contribution in [0.4, 0.5) is 0 Å². The van der Waals surface area contributed by atoms with Crippen LogP contribution in [0.1, 0.15) is 36.9 Å². The second kappa shape index (κ2) is 6.14. The molecule has 0 bridgehead atoms. The lowest BCUT2D eigenvalue weighted by Gasteiger charge is -2.25. The SMILES string of the molecule is Cc1nc(CNC(=O)[C@H](C)NC(=O)C2CCC2)cs1. The van der Waals surface area contributed by atoms with E-state index in [1.807, 2.05) is 12.3 Å². The molecule has 6 heteroatoms. The van der Waals surface area contributed by atoms with E-state index in [-0.39, 0.29) is 17.7 Å². The van der Waals surface area contributed by atoms with E-state index < -0.39 is 6.04 Å². The van der Waals surface area contributed by atoms with E-state index in [4.69, 9.17) is 0 Å². The molecule has 0 unspecified atom stereocenters. The van der Waals surface area contributed by atoms with Crippen LogP contribution >= 0.6 is 11.3 Å². The van der Waals surface area contributed by atoms with E-state index in [0.717, 1.165) is 30.0 Å². The smallest absolute Gasteiger partial charge is 0.242 e. The van der Waals surface area contributed by atoms with Gasteiger partial charge in [0.25, 0.3) is 0 Å². The summed E-state index contributed by atoms with van der Waals surface area (Å²) in [6.07, 6.45) is 3.00. The normalized spacial score (nSPS) is 16.5. The van der Waals surface area contributed by atoms with Gasteiger partial charge in [0, 0.05) is 11.3 Å². The van der Waals surface area contributed by atoms with Crippen molar-refractivity contribution in [1.82, 2.24) is 15.6 Å². The number of aromatic nitrogens is 1. The number of carbonyl (C=O) groups is 2. The molecule has 1 atom stereocenters. The van der Waals surface area contributed by atoms with E-state index in [1.54, 1.807) is 18.3 Å². The lowest BCUT2D eigenvalue weighted by molar-refractivity contribution is -0.132. The Kier molecular flexibility index (Phi) is 4.52. The molecule has 1 aliphatic carbocycles. The molecule has 0 saturated heterocycles. The average molecular weight is 281 g/mol. The molecule has 19 heavy (non-hydrogen) atoms. The number of thiazole rings is 1. The molecular formula is C13H19N3O2S. The standard InChI is InChI=1S/C13H19N3O2S/c1-8(15-13(18)10-4-3-5-10)12(17)14-6-11-7-19-9(2)16-11/h7-8,10H,3-6H2,1-2H3,(H,14,17)(H,15,18)/t8-/m0/s1. The fourth-order valence-electron chi connectivity index (χ4n) is 1.89. The zero-order valence-corrected chi connectivity index (χ0v) is 12.0. The van der Waals surface area contributed by atoms with Crippen LogP contribution in [-0.2, 0) is 16.1 Å². The van der Waals surface area contributed by atoms with Crippen LogP contribution in [0.15, 0.2) is 5.38 Å². The summed E-state index contributed by atoms with van der Waals surface area (Å²) in [6, 6.07) is -0.493. The van der Waals surface area contributed by atoms with Gasteiger partial charge in [0.1, 0.15) is 6.04 Å². The largest absolute Gasteiger partial charge is 0.349 e. The first-order valence-electron chi connectivity index (χ1n) is 6.55. The van der Waals surface area contributed by atoms with Crippen LogP contribution in [0.3, 0.4) is 0 Å². The van der Waals surface area contributed by atoms with Crippen molar-refractivity contribution in [3.05, 3.63) is 16.1 Å². The van der Waals surface area contributed by atoms with Gasteiger partial charge in [0.2, 0.25) is 11.8 Å². The first-order valence-corrected chi connectivity index (χ1v) is 7.43. The number of hydrogen-bond donors (Lipinski definition) is 2. The van der Waals surface area contributed by atoms with Gasteiger partial charge in [-0.15, -0.1) is 11.3 Å². The van der Waals surface area contributed by atoms with E-state index >= 15 is 0 Å². The third-order valence-corrected chi connectivity index (χ3v) is 4.16. The second-order valence-electron chi connectivity index (χ2n) is 4.93. The minimum atomic E-state index is -0.493. The highest BCUT2D eigenvalue weighted by Crippen LogP contribution is 2.26. The van der Waals surface area contributed by atoms with Crippen LogP contribution in [0.5, 0.6) is 0 Å². The van der Waals surface area contributed by atoms with Crippen molar-refractivity contribution in [1.29, 1.82) is 0 Å². The third-order valence-electron chi connectivity index (χ3n) is 3.34. The lowest BCUT2D eigenvalue weighted by atomic mass is 9.84. The minimum absolute atomic E-state index is 0.00148. The van der Waals surface area contributed by atoms with Gasteiger partial charge in [-0.2, -0.15) is 0 Å². The molecule has 2 rings (SSSR count). The Labute approximate surface area is 116 Å². The zero-order chi connectivity index (χ0) is 13.8. The molecule has 104 valence electrons. The van der Waals surface area contributed by atoms with Crippen molar-refractivity contribution < 1.29 is 9.59 Å². The third kappa shape index (κ3) is 3.76.